The van der Waals surface area contributed by atoms with Crippen molar-refractivity contribution in [3.8, 4) is 0 Å². The Morgan fingerprint density at radius 1 is 1.57 bits per heavy atom. The maximum Gasteiger partial charge on any atom is 0.252 e. The second-order valence-electron chi connectivity index (χ2n) is 6.12. The lowest BCUT2D eigenvalue weighted by atomic mass is 9.95. The predicted molar refractivity (Wildman–Crippen MR) is 79.8 cm³/mol. The number of nitrogens with one attached hydrogen (secondary N) is 2. The Hall–Kier alpha value is -1.46. The molecule has 1 saturated heterocycles. The van der Waals surface area contributed by atoms with E-state index in [2.05, 4.69) is 15.6 Å². The highest BCUT2D eigenvalue weighted by Gasteiger charge is 2.37. The van der Waals surface area contributed by atoms with Crippen LogP contribution in [0.4, 0.5) is 0 Å². The average molecular weight is 289 g/mol. The number of aryl methyl sites for hydroxylation is 1. The van der Waals surface area contributed by atoms with Crippen LogP contribution >= 0.6 is 0 Å². The minimum Gasteiger partial charge on any atom is -0.365 e. The largest absolute Gasteiger partial charge is 0.365 e. The van der Waals surface area contributed by atoms with Gasteiger partial charge in [-0.25, -0.2) is 0 Å². The number of amides is 1. The molecule has 0 aliphatic carbocycles. The molecule has 1 aromatic rings. The topological polar surface area (TPSA) is 63.2 Å². The number of rotatable bonds is 3. The molecule has 1 fully saturated rings. The summed E-state index contributed by atoms with van der Waals surface area (Å²) in [5.74, 6) is -0.00839. The second-order valence-corrected chi connectivity index (χ2v) is 6.12. The van der Waals surface area contributed by atoms with Gasteiger partial charge in [-0.05, 0) is 56.3 Å². The Balaban J connectivity index is 1.74. The molecule has 2 aliphatic rings. The molecule has 114 valence electrons. The number of pyridine rings is 1. The van der Waals surface area contributed by atoms with E-state index >= 15 is 0 Å². The highest BCUT2D eigenvalue weighted by molar-refractivity contribution is 5.85. The Labute approximate surface area is 125 Å². The number of aromatic nitrogens is 1. The van der Waals surface area contributed by atoms with E-state index in [-0.39, 0.29) is 5.91 Å². The van der Waals surface area contributed by atoms with E-state index in [9.17, 15) is 4.79 Å². The molecule has 0 bridgehead atoms. The first-order chi connectivity index (χ1) is 10.1. The molecule has 1 amide bonds. The van der Waals surface area contributed by atoms with E-state index in [1.54, 1.807) is 0 Å². The van der Waals surface area contributed by atoms with E-state index in [1.807, 2.05) is 20.0 Å². The summed E-state index contributed by atoms with van der Waals surface area (Å²) < 4.78 is 5.60. The number of nitrogens with zero attached hydrogens (tertiary/aromatic N) is 1. The van der Waals surface area contributed by atoms with E-state index in [4.69, 9.17) is 4.74 Å². The van der Waals surface area contributed by atoms with E-state index in [0.717, 1.165) is 38.0 Å². The number of carbonyl (C=O) groups is 1. The van der Waals surface area contributed by atoms with Crippen molar-refractivity contribution in [3.63, 3.8) is 0 Å². The smallest absolute Gasteiger partial charge is 0.252 e. The maximum absolute atomic E-state index is 12.4. The minimum atomic E-state index is -0.655. The van der Waals surface area contributed by atoms with Crippen LogP contribution in [0.3, 0.4) is 0 Å². The van der Waals surface area contributed by atoms with Gasteiger partial charge in [-0.2, -0.15) is 0 Å². The van der Waals surface area contributed by atoms with Gasteiger partial charge in [0.1, 0.15) is 5.60 Å². The third-order valence-electron chi connectivity index (χ3n) is 4.59. The van der Waals surface area contributed by atoms with Gasteiger partial charge in [0.15, 0.2) is 0 Å². The summed E-state index contributed by atoms with van der Waals surface area (Å²) in [5, 5.41) is 6.40. The van der Waals surface area contributed by atoms with Crippen LogP contribution in [-0.2, 0) is 29.0 Å². The number of fused-ring (bicyclic) bond motifs is 1. The monoisotopic (exact) mass is 289 g/mol. The molecule has 2 aliphatic heterocycles. The fourth-order valence-corrected chi connectivity index (χ4v) is 3.19. The lowest BCUT2D eigenvalue weighted by molar-refractivity contribution is -0.139. The molecule has 1 aromatic heterocycles. The molecule has 21 heavy (non-hydrogen) atoms. The molecule has 0 saturated carbocycles. The van der Waals surface area contributed by atoms with E-state index in [0.29, 0.717) is 13.2 Å². The summed E-state index contributed by atoms with van der Waals surface area (Å²) in [6, 6.07) is 0. The zero-order chi connectivity index (χ0) is 14.9. The van der Waals surface area contributed by atoms with Crippen molar-refractivity contribution in [1.82, 2.24) is 15.6 Å². The predicted octanol–water partition coefficient (Wildman–Crippen LogP) is 1.22. The fraction of sp³-hybridized carbons (Fsp3) is 0.625. The molecular weight excluding hydrogens is 266 g/mol. The summed E-state index contributed by atoms with van der Waals surface area (Å²) in [5.41, 5.74) is 4.12. The van der Waals surface area contributed by atoms with Crippen LogP contribution in [0.25, 0.3) is 0 Å². The van der Waals surface area contributed by atoms with Gasteiger partial charge in [0.25, 0.3) is 5.91 Å². The Bertz CT molecular complexity index is 551. The number of hydrogen-bond donors (Lipinski definition) is 2. The van der Waals surface area contributed by atoms with Crippen molar-refractivity contribution >= 4 is 5.91 Å². The zero-order valence-corrected chi connectivity index (χ0v) is 12.8. The van der Waals surface area contributed by atoms with Gasteiger partial charge in [-0.15, -0.1) is 0 Å². The summed E-state index contributed by atoms with van der Waals surface area (Å²) >= 11 is 0. The summed E-state index contributed by atoms with van der Waals surface area (Å²) in [4.78, 5) is 16.8. The summed E-state index contributed by atoms with van der Waals surface area (Å²) in [7, 11) is 0. The third kappa shape index (κ3) is 2.80. The third-order valence-corrected chi connectivity index (χ3v) is 4.59. The van der Waals surface area contributed by atoms with Crippen molar-refractivity contribution in [2.45, 2.75) is 51.8 Å². The van der Waals surface area contributed by atoms with Crippen molar-refractivity contribution in [2.75, 3.05) is 13.2 Å². The van der Waals surface area contributed by atoms with Crippen LogP contribution in [0.1, 0.15) is 42.1 Å². The quantitative estimate of drug-likeness (QED) is 0.878. The van der Waals surface area contributed by atoms with Crippen LogP contribution in [-0.4, -0.2) is 29.6 Å². The zero-order valence-electron chi connectivity index (χ0n) is 12.8. The molecule has 3 heterocycles. The number of carbonyl (C=O) groups excluding carboxylic acids is 1. The molecule has 0 aromatic carbocycles. The molecule has 1 atom stereocenters. The Kier molecular flexibility index (Phi) is 3.95. The standard InChI is InChI=1S/C16H23N3O2/c1-11-14(13-4-6-17-8-12(13)9-18-11)10-19-15(20)16(2)5-3-7-21-16/h9,17H,3-8,10H2,1-2H3,(H,19,20)/t16-/m1/s1. The first kappa shape index (κ1) is 14.5. The number of hydrogen-bond acceptors (Lipinski definition) is 4. The molecule has 5 nitrogen and oxygen atoms in total. The Morgan fingerprint density at radius 2 is 2.43 bits per heavy atom. The van der Waals surface area contributed by atoms with Gasteiger partial charge in [0, 0.05) is 31.6 Å². The Morgan fingerprint density at radius 3 is 3.19 bits per heavy atom. The van der Waals surface area contributed by atoms with Crippen LogP contribution in [0.15, 0.2) is 6.20 Å². The van der Waals surface area contributed by atoms with Gasteiger partial charge in [0.2, 0.25) is 0 Å². The van der Waals surface area contributed by atoms with Crippen molar-refractivity contribution < 1.29 is 9.53 Å². The molecule has 0 unspecified atom stereocenters. The molecule has 5 heteroatoms. The average Bonchev–Trinajstić information content (AvgIpc) is 2.94. The van der Waals surface area contributed by atoms with E-state index < -0.39 is 5.60 Å². The second kappa shape index (κ2) is 5.73. The highest BCUT2D eigenvalue weighted by Crippen LogP contribution is 2.26. The minimum absolute atomic E-state index is 0.00839. The van der Waals surface area contributed by atoms with Gasteiger partial charge < -0.3 is 15.4 Å². The van der Waals surface area contributed by atoms with Crippen molar-refractivity contribution in [1.29, 1.82) is 0 Å². The lowest BCUT2D eigenvalue weighted by Crippen LogP contribution is -2.44. The maximum atomic E-state index is 12.4. The molecule has 0 radical (unpaired) electrons. The highest BCUT2D eigenvalue weighted by atomic mass is 16.5. The summed E-state index contributed by atoms with van der Waals surface area (Å²) in [6.45, 7) is 6.96. The molecule has 3 rings (SSSR count). The van der Waals surface area contributed by atoms with Crippen LogP contribution in [0.5, 0.6) is 0 Å². The first-order valence-corrected chi connectivity index (χ1v) is 7.69. The van der Waals surface area contributed by atoms with Crippen molar-refractivity contribution in [3.05, 3.63) is 28.6 Å². The fourth-order valence-electron chi connectivity index (χ4n) is 3.19. The van der Waals surface area contributed by atoms with Crippen LogP contribution in [0, 0.1) is 6.92 Å². The van der Waals surface area contributed by atoms with Gasteiger partial charge in [0.05, 0.1) is 0 Å². The van der Waals surface area contributed by atoms with Gasteiger partial charge in [-0.1, -0.05) is 0 Å². The number of ether oxygens (including phenoxy) is 1. The lowest BCUT2D eigenvalue weighted by Gasteiger charge is -2.24. The van der Waals surface area contributed by atoms with Gasteiger partial charge in [-0.3, -0.25) is 9.78 Å². The normalized spacial score (nSPS) is 24.7. The van der Waals surface area contributed by atoms with Crippen molar-refractivity contribution in [2.24, 2.45) is 0 Å². The molecular formula is C16H23N3O2. The summed E-state index contributed by atoms with van der Waals surface area (Å²) in [6.07, 6.45) is 4.70. The molecule has 2 N–H and O–H groups in total. The molecule has 0 spiro atoms. The van der Waals surface area contributed by atoms with Gasteiger partial charge >= 0.3 is 0 Å². The van der Waals surface area contributed by atoms with Crippen LogP contribution in [0.2, 0.25) is 0 Å². The first-order valence-electron chi connectivity index (χ1n) is 7.69. The van der Waals surface area contributed by atoms with Crippen LogP contribution < -0.4 is 10.6 Å². The van der Waals surface area contributed by atoms with E-state index in [1.165, 1.54) is 16.7 Å². The SMILES string of the molecule is Cc1ncc2c(c1CNC(=O)[C@@]1(C)CCCO1)CCNC2.